The van der Waals surface area contributed by atoms with Gasteiger partial charge in [-0.25, -0.2) is 0 Å². The van der Waals surface area contributed by atoms with Crippen molar-refractivity contribution < 1.29 is 0 Å². The van der Waals surface area contributed by atoms with Crippen molar-refractivity contribution in [3.05, 3.63) is 34.7 Å². The molecule has 21 heavy (non-hydrogen) atoms. The van der Waals surface area contributed by atoms with Crippen LogP contribution < -0.4 is 5.19 Å². The van der Waals surface area contributed by atoms with E-state index in [0.29, 0.717) is 0 Å². The van der Waals surface area contributed by atoms with E-state index in [2.05, 4.69) is 71.2 Å². The van der Waals surface area contributed by atoms with E-state index in [-0.39, 0.29) is 0 Å². The van der Waals surface area contributed by atoms with Gasteiger partial charge in [0.05, 0.1) is 8.07 Å². The minimum absolute atomic E-state index is 1.01. The lowest BCUT2D eigenvalue weighted by Gasteiger charge is -2.34. The molecule has 0 saturated heterocycles. The van der Waals surface area contributed by atoms with E-state index in [4.69, 9.17) is 0 Å². The van der Waals surface area contributed by atoms with E-state index >= 15 is 0 Å². The Morgan fingerprint density at radius 3 is 2.00 bits per heavy atom. The average molecular weight is 339 g/mol. The molecular formula is C18H30S2Si. The molecule has 0 aliphatic carbocycles. The minimum atomic E-state index is -1.44. The fraction of sp³-hybridized carbons (Fsp3) is 0.556. The highest BCUT2D eigenvalue weighted by molar-refractivity contribution is 7.92. The molecule has 0 aromatic heterocycles. The Morgan fingerprint density at radius 1 is 1.05 bits per heavy atom. The smallest absolute Gasteiger partial charge is 0.0875 e. The molecule has 0 unspecified atom stereocenters. The summed E-state index contributed by atoms with van der Waals surface area (Å²) in [4.78, 5) is 1.01. The van der Waals surface area contributed by atoms with Gasteiger partial charge in [-0.3, -0.25) is 0 Å². The van der Waals surface area contributed by atoms with E-state index in [0.717, 1.165) is 4.91 Å². The number of aryl methyl sites for hydroxylation is 1. The van der Waals surface area contributed by atoms with Crippen molar-refractivity contribution in [3.63, 3.8) is 0 Å². The van der Waals surface area contributed by atoms with Gasteiger partial charge in [-0.05, 0) is 17.9 Å². The molecule has 0 nitrogen and oxygen atoms in total. The van der Waals surface area contributed by atoms with E-state index < -0.39 is 8.07 Å². The predicted octanol–water partition coefficient (Wildman–Crippen LogP) is 6.04. The van der Waals surface area contributed by atoms with Crippen LogP contribution in [0.5, 0.6) is 0 Å². The SMILES string of the molecule is CCC[Si](CCC)(CCC)c1ccc(C)cc1C(S)=CS. The van der Waals surface area contributed by atoms with Crippen molar-refractivity contribution in [3.8, 4) is 0 Å². The summed E-state index contributed by atoms with van der Waals surface area (Å²) < 4.78 is 0. The fourth-order valence-corrected chi connectivity index (χ4v) is 9.69. The van der Waals surface area contributed by atoms with Crippen molar-refractivity contribution in [1.29, 1.82) is 0 Å². The Hall–Kier alpha value is -0.123. The van der Waals surface area contributed by atoms with Crippen LogP contribution in [0, 0.1) is 6.92 Å². The normalized spacial score (nSPS) is 12.8. The van der Waals surface area contributed by atoms with E-state index in [1.54, 1.807) is 5.19 Å². The minimum Gasteiger partial charge on any atom is -0.150 e. The van der Waals surface area contributed by atoms with Gasteiger partial charge in [0.1, 0.15) is 0 Å². The van der Waals surface area contributed by atoms with Gasteiger partial charge in [-0.1, -0.05) is 87.1 Å². The molecule has 1 rings (SSSR count). The third-order valence-electron chi connectivity index (χ3n) is 4.33. The first-order chi connectivity index (χ1) is 10.0. The molecule has 0 spiro atoms. The molecule has 3 heteroatoms. The summed E-state index contributed by atoms with van der Waals surface area (Å²) in [6.07, 6.45) is 3.85. The molecule has 0 atom stereocenters. The number of hydrogen-bond donors (Lipinski definition) is 2. The molecule has 1 aromatic rings. The second-order valence-electron chi connectivity index (χ2n) is 6.09. The van der Waals surface area contributed by atoms with Gasteiger partial charge in [-0.15, -0.1) is 12.6 Å². The van der Waals surface area contributed by atoms with E-state index in [9.17, 15) is 0 Å². The number of hydrogen-bond acceptors (Lipinski definition) is 2. The fourth-order valence-electron chi connectivity index (χ4n) is 3.62. The summed E-state index contributed by atoms with van der Waals surface area (Å²) in [6.45, 7) is 9.15. The highest BCUT2D eigenvalue weighted by atomic mass is 32.1. The van der Waals surface area contributed by atoms with Gasteiger partial charge in [-0.2, -0.15) is 12.6 Å². The lowest BCUT2D eigenvalue weighted by Crippen LogP contribution is -2.48. The van der Waals surface area contributed by atoms with E-state index in [1.165, 1.54) is 48.5 Å². The van der Waals surface area contributed by atoms with Crippen LogP contribution in [0.4, 0.5) is 0 Å². The zero-order chi connectivity index (χ0) is 15.9. The lowest BCUT2D eigenvalue weighted by molar-refractivity contribution is 0.937. The first-order valence-corrected chi connectivity index (χ1v) is 11.8. The number of thiol groups is 2. The van der Waals surface area contributed by atoms with Crippen LogP contribution in [0.3, 0.4) is 0 Å². The maximum Gasteiger partial charge on any atom is 0.0875 e. The monoisotopic (exact) mass is 338 g/mol. The summed E-state index contributed by atoms with van der Waals surface area (Å²) in [5, 5.41) is 3.44. The molecule has 118 valence electrons. The average Bonchev–Trinajstić information content (AvgIpc) is 2.47. The molecule has 0 radical (unpaired) electrons. The zero-order valence-electron chi connectivity index (χ0n) is 13.9. The van der Waals surface area contributed by atoms with Crippen molar-refractivity contribution in [2.45, 2.75) is 65.1 Å². The Labute approximate surface area is 143 Å². The van der Waals surface area contributed by atoms with E-state index in [1.807, 2.05) is 5.41 Å². The van der Waals surface area contributed by atoms with Gasteiger partial charge >= 0.3 is 0 Å². The second kappa shape index (κ2) is 9.11. The molecule has 0 fully saturated rings. The van der Waals surface area contributed by atoms with Crippen LogP contribution in [0.1, 0.15) is 51.2 Å². The van der Waals surface area contributed by atoms with Crippen LogP contribution >= 0.6 is 25.3 Å². The van der Waals surface area contributed by atoms with Crippen LogP contribution in [-0.4, -0.2) is 8.07 Å². The van der Waals surface area contributed by atoms with Gasteiger partial charge in [0.2, 0.25) is 0 Å². The summed E-state index contributed by atoms with van der Waals surface area (Å²) in [5.74, 6) is 0. The topological polar surface area (TPSA) is 0 Å². The molecule has 0 heterocycles. The maximum atomic E-state index is 4.68. The van der Waals surface area contributed by atoms with Gasteiger partial charge in [0.15, 0.2) is 0 Å². The first-order valence-electron chi connectivity index (χ1n) is 8.19. The molecule has 0 aliphatic rings. The van der Waals surface area contributed by atoms with Crippen molar-refractivity contribution in [2.75, 3.05) is 0 Å². The van der Waals surface area contributed by atoms with Gasteiger partial charge in [0, 0.05) is 4.91 Å². The second-order valence-corrected chi connectivity index (χ2v) is 11.4. The predicted molar refractivity (Wildman–Crippen MR) is 108 cm³/mol. The van der Waals surface area contributed by atoms with Crippen molar-refractivity contribution in [2.24, 2.45) is 0 Å². The maximum absolute atomic E-state index is 4.68. The molecule has 1 aromatic carbocycles. The van der Waals surface area contributed by atoms with Crippen LogP contribution in [0.2, 0.25) is 18.1 Å². The van der Waals surface area contributed by atoms with Crippen LogP contribution in [0.25, 0.3) is 4.91 Å². The highest BCUT2D eigenvalue weighted by Crippen LogP contribution is 2.30. The molecule has 0 aliphatic heterocycles. The largest absolute Gasteiger partial charge is 0.150 e. The summed E-state index contributed by atoms with van der Waals surface area (Å²) in [5.41, 5.74) is 2.64. The third-order valence-corrected chi connectivity index (χ3v) is 11.1. The molecule has 0 bridgehead atoms. The van der Waals surface area contributed by atoms with Crippen molar-refractivity contribution in [1.82, 2.24) is 0 Å². The third kappa shape index (κ3) is 4.67. The standard InChI is InChI=1S/C18H30S2Si/c1-5-10-21(11-6-2,12-7-3)18-9-8-15(4)13-16(18)17(20)14-19/h8-9,13-14,19-20H,5-7,10-12H2,1-4H3. The van der Waals surface area contributed by atoms with Crippen LogP contribution in [0.15, 0.2) is 23.6 Å². The lowest BCUT2D eigenvalue weighted by atomic mass is 10.1. The summed E-state index contributed by atoms with van der Waals surface area (Å²) in [6, 6.07) is 11.1. The first kappa shape index (κ1) is 18.9. The Balaban J connectivity index is 3.48. The van der Waals surface area contributed by atoms with Crippen molar-refractivity contribution >= 4 is 43.4 Å². The number of rotatable bonds is 8. The summed E-state index contributed by atoms with van der Waals surface area (Å²) >= 11 is 9.02. The highest BCUT2D eigenvalue weighted by Gasteiger charge is 2.34. The Bertz CT molecular complexity index is 463. The van der Waals surface area contributed by atoms with Gasteiger partial charge in [0.25, 0.3) is 0 Å². The zero-order valence-corrected chi connectivity index (χ0v) is 16.7. The molecular weight excluding hydrogens is 308 g/mol. The van der Waals surface area contributed by atoms with Crippen LogP contribution in [-0.2, 0) is 0 Å². The summed E-state index contributed by atoms with van der Waals surface area (Å²) in [7, 11) is -1.44. The molecule has 0 amide bonds. The van der Waals surface area contributed by atoms with Gasteiger partial charge < -0.3 is 0 Å². The molecule has 0 N–H and O–H groups in total. The quantitative estimate of drug-likeness (QED) is 0.419. The Morgan fingerprint density at radius 2 is 1.57 bits per heavy atom. The Kier molecular flexibility index (Phi) is 8.21. The number of benzene rings is 1. The molecule has 0 saturated carbocycles.